The first kappa shape index (κ1) is 43.5. The van der Waals surface area contributed by atoms with Gasteiger partial charge in [0.1, 0.15) is 23.3 Å². The summed E-state index contributed by atoms with van der Waals surface area (Å²) in [5.41, 5.74) is 0.730. The van der Waals surface area contributed by atoms with E-state index in [4.69, 9.17) is 14.3 Å². The quantitative estimate of drug-likeness (QED) is 0.177. The molecule has 1 aromatic heterocycles. The lowest BCUT2D eigenvalue weighted by Gasteiger charge is -2.39. The molecule has 3 heterocycles. The number of nitrogens with one attached hydrogen (secondary N) is 2. The number of hydrogen-bond donors (Lipinski definition) is 2. The lowest BCUT2D eigenvalue weighted by Crippen LogP contribution is -2.52. The van der Waals surface area contributed by atoms with Gasteiger partial charge < -0.3 is 29.9 Å². The molecule has 0 aliphatic carbocycles. The molecule has 0 spiro atoms. The summed E-state index contributed by atoms with van der Waals surface area (Å²) in [4.78, 5) is 63.5. The molecule has 2 aliphatic rings. The monoisotopic (exact) mass is 734 g/mol. The standard InChI is InChI=1S/C19H29N3O3S.C18H33N3O4/c1-13(2)22-10-7-6-8-14(22)12-15(16(23)17-20-9-11-26-17)21-18(24)25-19(3,4)5;1-13(2)21-11-9-8-10-14(21)12-15(16(22)20(6)24-7)19-17(23)25-18(3,4)5/h9,11,14-15H,1,6-8,10,12H2,2-5H3,(H,21,24);14-15H,1,8-12H2,2-7H3,(H,19,23)/t2*14?,15-/m00/s1. The highest BCUT2D eigenvalue weighted by molar-refractivity contribution is 7.11. The number of nitrogens with zero attached hydrogens (tertiary/aromatic N) is 4. The number of ketones is 1. The fourth-order valence-electron chi connectivity index (χ4n) is 6.20. The number of aromatic nitrogens is 1. The molecule has 4 atom stereocenters. The Labute approximate surface area is 309 Å². The number of amides is 3. The van der Waals surface area contributed by atoms with Gasteiger partial charge >= 0.3 is 12.2 Å². The van der Waals surface area contributed by atoms with E-state index in [0.29, 0.717) is 17.8 Å². The van der Waals surface area contributed by atoms with E-state index >= 15 is 0 Å². The summed E-state index contributed by atoms with van der Waals surface area (Å²) in [5.74, 6) is -0.473. The molecule has 3 rings (SSSR count). The summed E-state index contributed by atoms with van der Waals surface area (Å²) in [5, 5.41) is 8.78. The zero-order valence-electron chi connectivity index (χ0n) is 32.5. The van der Waals surface area contributed by atoms with Gasteiger partial charge in [-0.15, -0.1) is 11.3 Å². The molecule has 2 saturated heterocycles. The Morgan fingerprint density at radius 3 is 1.71 bits per heavy atom. The fourth-order valence-corrected chi connectivity index (χ4v) is 6.83. The molecule has 288 valence electrons. The van der Waals surface area contributed by atoms with E-state index in [0.717, 1.165) is 68.1 Å². The van der Waals surface area contributed by atoms with Crippen LogP contribution in [0.2, 0.25) is 0 Å². The normalized spacial score (nSPS) is 19.0. The molecular weight excluding hydrogens is 673 g/mol. The second kappa shape index (κ2) is 19.8. The molecule has 0 radical (unpaired) electrons. The molecule has 1 aromatic rings. The maximum absolute atomic E-state index is 12.9. The average Bonchev–Trinajstić information content (AvgIpc) is 3.57. The molecule has 3 amide bonds. The SMILES string of the molecule is C=C(C)N1CCCCC1C[C@H](NC(=O)OC(C)(C)C)C(=O)N(C)OC.C=C(C)N1CCCCC1C[C@H](NC(=O)OC(C)(C)C)C(=O)c1nccs1. The van der Waals surface area contributed by atoms with Gasteiger partial charge in [0.05, 0.1) is 7.11 Å². The van der Waals surface area contributed by atoms with Crippen molar-refractivity contribution in [2.24, 2.45) is 0 Å². The second-order valence-electron chi connectivity index (χ2n) is 15.2. The van der Waals surface area contributed by atoms with Gasteiger partial charge in [0.25, 0.3) is 5.91 Å². The van der Waals surface area contributed by atoms with Crippen LogP contribution in [0.3, 0.4) is 0 Å². The molecule has 2 fully saturated rings. The first-order valence-electron chi connectivity index (χ1n) is 17.8. The zero-order chi connectivity index (χ0) is 38.5. The van der Waals surface area contributed by atoms with Crippen LogP contribution in [-0.4, -0.2) is 106 Å². The Bertz CT molecular complexity index is 1320. The van der Waals surface area contributed by atoms with Gasteiger partial charge in [-0.05, 0) is 107 Å². The third-order valence-corrected chi connectivity index (χ3v) is 9.26. The average molecular weight is 735 g/mol. The number of hydroxylamine groups is 2. The van der Waals surface area contributed by atoms with Gasteiger partial charge in [-0.1, -0.05) is 13.2 Å². The van der Waals surface area contributed by atoms with Crippen LogP contribution in [0.4, 0.5) is 9.59 Å². The number of piperidine rings is 2. The smallest absolute Gasteiger partial charge is 0.408 e. The van der Waals surface area contributed by atoms with Crippen molar-refractivity contribution in [2.45, 2.75) is 142 Å². The summed E-state index contributed by atoms with van der Waals surface area (Å²) in [7, 11) is 2.95. The van der Waals surface area contributed by atoms with Gasteiger partial charge in [0, 0.05) is 55.2 Å². The van der Waals surface area contributed by atoms with Crippen molar-refractivity contribution in [1.82, 2.24) is 30.5 Å². The van der Waals surface area contributed by atoms with E-state index in [-0.39, 0.29) is 23.8 Å². The number of Topliss-reactive ketones (excluding diaryl/α,β-unsaturated/α-hetero) is 1. The summed E-state index contributed by atoms with van der Waals surface area (Å²) >= 11 is 1.28. The van der Waals surface area contributed by atoms with Gasteiger partial charge in [-0.25, -0.2) is 19.6 Å². The topological polar surface area (TPSA) is 143 Å². The van der Waals surface area contributed by atoms with E-state index in [1.807, 2.05) is 13.8 Å². The van der Waals surface area contributed by atoms with E-state index < -0.39 is 35.5 Å². The molecule has 0 aromatic carbocycles. The number of thiazole rings is 1. The minimum atomic E-state index is -0.718. The lowest BCUT2D eigenvalue weighted by atomic mass is 9.93. The largest absolute Gasteiger partial charge is 0.444 e. The summed E-state index contributed by atoms with van der Waals surface area (Å²) in [6, 6.07) is -1.06. The van der Waals surface area contributed by atoms with Crippen molar-refractivity contribution < 1.29 is 33.5 Å². The van der Waals surface area contributed by atoms with E-state index in [1.54, 1.807) is 53.1 Å². The Hall–Kier alpha value is -3.65. The highest BCUT2D eigenvalue weighted by Gasteiger charge is 2.34. The number of allylic oxidation sites excluding steroid dienone is 2. The Balaban J connectivity index is 0.000000354. The number of ether oxygens (including phenoxy) is 2. The minimum absolute atomic E-state index is 0.153. The number of likely N-dealkylation sites (N-methyl/N-ethyl adjacent to an activating group) is 1. The van der Waals surface area contributed by atoms with Gasteiger partial charge in [-0.2, -0.15) is 0 Å². The highest BCUT2D eigenvalue weighted by atomic mass is 32.1. The number of alkyl carbamates (subject to hydrolysis) is 2. The minimum Gasteiger partial charge on any atom is -0.444 e. The summed E-state index contributed by atoms with van der Waals surface area (Å²) < 4.78 is 10.7. The van der Waals surface area contributed by atoms with Crippen molar-refractivity contribution in [3.63, 3.8) is 0 Å². The molecular formula is C37H62N6O7S. The zero-order valence-corrected chi connectivity index (χ0v) is 33.3. The number of likely N-dealkylation sites (tertiary alicyclic amines) is 2. The molecule has 13 nitrogen and oxygen atoms in total. The van der Waals surface area contributed by atoms with Crippen LogP contribution < -0.4 is 10.6 Å². The van der Waals surface area contributed by atoms with E-state index in [1.165, 1.54) is 25.5 Å². The van der Waals surface area contributed by atoms with Crippen molar-refractivity contribution in [2.75, 3.05) is 27.2 Å². The Morgan fingerprint density at radius 1 is 0.863 bits per heavy atom. The van der Waals surface area contributed by atoms with Crippen molar-refractivity contribution in [3.8, 4) is 0 Å². The second-order valence-corrected chi connectivity index (χ2v) is 16.1. The molecule has 2 aliphatic heterocycles. The maximum atomic E-state index is 12.9. The molecule has 2 unspecified atom stereocenters. The van der Waals surface area contributed by atoms with Crippen LogP contribution >= 0.6 is 11.3 Å². The van der Waals surface area contributed by atoms with E-state index in [9.17, 15) is 19.2 Å². The van der Waals surface area contributed by atoms with Crippen molar-refractivity contribution >= 4 is 35.2 Å². The van der Waals surface area contributed by atoms with Crippen LogP contribution in [0.15, 0.2) is 36.1 Å². The predicted octanol–water partition coefficient (Wildman–Crippen LogP) is 6.68. The predicted molar refractivity (Wildman–Crippen MR) is 200 cm³/mol. The third-order valence-electron chi connectivity index (χ3n) is 8.47. The van der Waals surface area contributed by atoms with Crippen molar-refractivity contribution in [1.29, 1.82) is 0 Å². The molecule has 14 heteroatoms. The van der Waals surface area contributed by atoms with Crippen LogP contribution in [0, 0.1) is 0 Å². The lowest BCUT2D eigenvalue weighted by molar-refractivity contribution is -0.171. The van der Waals surface area contributed by atoms with Crippen molar-refractivity contribution in [3.05, 3.63) is 41.1 Å². The van der Waals surface area contributed by atoms with Gasteiger partial charge in [-0.3, -0.25) is 14.4 Å². The van der Waals surface area contributed by atoms with Crippen LogP contribution in [0.5, 0.6) is 0 Å². The summed E-state index contributed by atoms with van der Waals surface area (Å²) in [6.07, 6.45) is 7.80. The Kier molecular flexibility index (Phi) is 16.9. The number of carbonyl (C=O) groups is 4. The molecule has 2 N–H and O–H groups in total. The van der Waals surface area contributed by atoms with Crippen LogP contribution in [0.1, 0.15) is 117 Å². The van der Waals surface area contributed by atoms with Gasteiger partial charge in [0.2, 0.25) is 5.78 Å². The summed E-state index contributed by atoms with van der Waals surface area (Å²) in [6.45, 7) is 24.7. The third kappa shape index (κ3) is 15.2. The first-order chi connectivity index (χ1) is 23.7. The van der Waals surface area contributed by atoms with Crippen LogP contribution in [0.25, 0.3) is 0 Å². The number of rotatable bonds is 12. The van der Waals surface area contributed by atoms with Gasteiger partial charge in [0.15, 0.2) is 5.01 Å². The highest BCUT2D eigenvalue weighted by Crippen LogP contribution is 2.26. The van der Waals surface area contributed by atoms with Crippen LogP contribution in [-0.2, 0) is 19.1 Å². The van der Waals surface area contributed by atoms with E-state index in [2.05, 4.69) is 38.6 Å². The Morgan fingerprint density at radius 2 is 1.31 bits per heavy atom. The molecule has 0 saturated carbocycles. The maximum Gasteiger partial charge on any atom is 0.408 e. The fraction of sp³-hybridized carbons (Fsp3) is 0.703. The number of hydrogen-bond acceptors (Lipinski definition) is 11. The molecule has 0 bridgehead atoms. The number of carbonyl (C=O) groups excluding carboxylic acids is 4. The first-order valence-corrected chi connectivity index (χ1v) is 18.7. The molecule has 51 heavy (non-hydrogen) atoms.